The number of nitrogens with one attached hydrogen (secondary N) is 1. The number of carbonyl (C=O) groups excluding carboxylic acids is 1. The zero-order chi connectivity index (χ0) is 19.6. The van der Waals surface area contributed by atoms with E-state index < -0.39 is 0 Å². The second-order valence-corrected chi connectivity index (χ2v) is 6.63. The summed E-state index contributed by atoms with van der Waals surface area (Å²) in [5.74, 6) is 1.22. The summed E-state index contributed by atoms with van der Waals surface area (Å²) in [5.41, 5.74) is 4.04. The summed E-state index contributed by atoms with van der Waals surface area (Å²) < 4.78 is 1.63. The van der Waals surface area contributed by atoms with Crippen LogP contribution in [0.2, 0.25) is 0 Å². The lowest BCUT2D eigenvalue weighted by Gasteiger charge is -2.12. The quantitative estimate of drug-likeness (QED) is 0.738. The lowest BCUT2D eigenvalue weighted by atomic mass is 9.97. The molecule has 1 aromatic carbocycles. The van der Waals surface area contributed by atoms with Crippen molar-refractivity contribution < 1.29 is 4.79 Å². The van der Waals surface area contributed by atoms with Crippen LogP contribution < -0.4 is 10.2 Å². The number of aromatic nitrogens is 4. The van der Waals surface area contributed by atoms with Gasteiger partial charge < -0.3 is 10.2 Å². The number of nitrogens with zero attached hydrogens (tertiary/aromatic N) is 6. The topological polar surface area (TPSA) is 99.2 Å². The van der Waals surface area contributed by atoms with Crippen molar-refractivity contribution >= 4 is 17.4 Å². The van der Waals surface area contributed by atoms with Gasteiger partial charge in [-0.3, -0.25) is 4.79 Å². The number of anilines is 1. The molecule has 0 aliphatic rings. The Morgan fingerprint density at radius 2 is 1.93 bits per heavy atom. The Kier molecular flexibility index (Phi) is 5.03. The molecule has 0 saturated carbocycles. The Morgan fingerprint density at radius 3 is 2.56 bits per heavy atom. The first kappa shape index (κ1) is 18.3. The van der Waals surface area contributed by atoms with E-state index in [2.05, 4.69) is 26.7 Å². The first-order valence-electron chi connectivity index (χ1n) is 8.54. The molecule has 0 atom stereocenters. The summed E-state index contributed by atoms with van der Waals surface area (Å²) >= 11 is 0. The molecular weight excluding hydrogens is 342 g/mol. The third-order valence-electron chi connectivity index (χ3n) is 4.38. The van der Waals surface area contributed by atoms with Gasteiger partial charge in [-0.05, 0) is 54.8 Å². The van der Waals surface area contributed by atoms with E-state index >= 15 is 0 Å². The van der Waals surface area contributed by atoms with E-state index in [0.29, 0.717) is 17.0 Å². The van der Waals surface area contributed by atoms with Crippen LogP contribution >= 0.6 is 0 Å². The van der Waals surface area contributed by atoms with Crippen molar-refractivity contribution in [1.82, 2.24) is 25.1 Å². The Balaban J connectivity index is 1.72. The summed E-state index contributed by atoms with van der Waals surface area (Å²) in [6, 6.07) is 9.43. The molecule has 3 aromatic rings. The monoisotopic (exact) mass is 363 g/mol. The van der Waals surface area contributed by atoms with Crippen LogP contribution in [0.15, 0.2) is 24.3 Å². The van der Waals surface area contributed by atoms with Crippen LogP contribution in [0.25, 0.3) is 5.65 Å². The highest BCUT2D eigenvalue weighted by atomic mass is 16.1. The fourth-order valence-corrected chi connectivity index (χ4v) is 2.91. The van der Waals surface area contributed by atoms with Crippen LogP contribution in [0.3, 0.4) is 0 Å². The molecule has 1 amide bonds. The number of hydrogen-bond donors (Lipinski definition) is 1. The highest BCUT2D eigenvalue weighted by Gasteiger charge is 2.13. The van der Waals surface area contributed by atoms with Gasteiger partial charge in [-0.25, -0.2) is 0 Å². The number of fused-ring (bicyclic) bond motifs is 1. The molecular formula is C19H21N7O. The maximum Gasteiger partial charge on any atom is 0.224 e. The standard InChI is InChI=1S/C19H21N7O/c1-12-7-14(10-20)8-13(2)15(12)9-19(27)21-11-18-23-22-16-5-6-17(25(3)4)24-26(16)18/h5-8H,9,11H2,1-4H3,(H,21,27). The fourth-order valence-electron chi connectivity index (χ4n) is 2.91. The summed E-state index contributed by atoms with van der Waals surface area (Å²) in [5, 5.41) is 24.6. The maximum atomic E-state index is 12.4. The van der Waals surface area contributed by atoms with Crippen LogP contribution in [0.5, 0.6) is 0 Å². The van der Waals surface area contributed by atoms with Gasteiger partial charge in [0.25, 0.3) is 0 Å². The average molecular weight is 363 g/mol. The van der Waals surface area contributed by atoms with Gasteiger partial charge in [0, 0.05) is 14.1 Å². The van der Waals surface area contributed by atoms with Crippen LogP contribution in [0, 0.1) is 25.2 Å². The zero-order valence-corrected chi connectivity index (χ0v) is 15.8. The molecule has 0 saturated heterocycles. The number of rotatable bonds is 5. The summed E-state index contributed by atoms with van der Waals surface area (Å²) in [6.07, 6.45) is 0.247. The predicted octanol–water partition coefficient (Wildman–Crippen LogP) is 1.54. The molecule has 0 aliphatic carbocycles. The van der Waals surface area contributed by atoms with Gasteiger partial charge >= 0.3 is 0 Å². The number of nitriles is 1. The fraction of sp³-hybridized carbons (Fsp3) is 0.316. The maximum absolute atomic E-state index is 12.4. The van der Waals surface area contributed by atoms with E-state index in [1.165, 1.54) is 0 Å². The molecule has 27 heavy (non-hydrogen) atoms. The second-order valence-electron chi connectivity index (χ2n) is 6.63. The SMILES string of the molecule is Cc1cc(C#N)cc(C)c1CC(=O)NCc1nnc2ccc(N(C)C)nn12. The first-order chi connectivity index (χ1) is 12.9. The molecule has 8 nitrogen and oxygen atoms in total. The van der Waals surface area contributed by atoms with Gasteiger partial charge in [0.15, 0.2) is 11.5 Å². The van der Waals surface area contributed by atoms with Gasteiger partial charge in [-0.15, -0.1) is 15.3 Å². The highest BCUT2D eigenvalue weighted by molar-refractivity contribution is 5.79. The molecule has 2 aromatic heterocycles. The smallest absolute Gasteiger partial charge is 0.224 e. The lowest BCUT2D eigenvalue weighted by Crippen LogP contribution is -2.26. The van der Waals surface area contributed by atoms with Crippen molar-refractivity contribution in [2.24, 2.45) is 0 Å². The molecule has 0 spiro atoms. The van der Waals surface area contributed by atoms with Crippen molar-refractivity contribution in [3.05, 3.63) is 52.3 Å². The van der Waals surface area contributed by atoms with E-state index in [9.17, 15) is 4.79 Å². The van der Waals surface area contributed by atoms with Crippen LogP contribution in [-0.2, 0) is 17.8 Å². The lowest BCUT2D eigenvalue weighted by molar-refractivity contribution is -0.120. The average Bonchev–Trinajstić information content (AvgIpc) is 3.05. The van der Waals surface area contributed by atoms with Gasteiger partial charge in [0.2, 0.25) is 5.91 Å². The molecule has 0 aliphatic heterocycles. The van der Waals surface area contributed by atoms with Crippen molar-refractivity contribution in [2.45, 2.75) is 26.8 Å². The molecule has 138 valence electrons. The number of benzene rings is 1. The van der Waals surface area contributed by atoms with Crippen LogP contribution in [0.4, 0.5) is 5.82 Å². The Bertz CT molecular complexity index is 1020. The third-order valence-corrected chi connectivity index (χ3v) is 4.38. The number of hydrogen-bond acceptors (Lipinski definition) is 6. The molecule has 1 N–H and O–H groups in total. The predicted molar refractivity (Wildman–Crippen MR) is 101 cm³/mol. The first-order valence-corrected chi connectivity index (χ1v) is 8.54. The van der Waals surface area contributed by atoms with Crippen molar-refractivity contribution in [3.8, 4) is 6.07 Å². The number of aryl methyl sites for hydroxylation is 2. The van der Waals surface area contributed by atoms with Gasteiger partial charge in [-0.1, -0.05) is 0 Å². The molecule has 0 bridgehead atoms. The van der Waals surface area contributed by atoms with Crippen molar-refractivity contribution in [3.63, 3.8) is 0 Å². The number of carbonyl (C=O) groups is 1. The van der Waals surface area contributed by atoms with Gasteiger partial charge in [-0.2, -0.15) is 9.78 Å². The van der Waals surface area contributed by atoms with Gasteiger partial charge in [0.05, 0.1) is 24.6 Å². The molecule has 3 rings (SSSR count). The molecule has 0 radical (unpaired) electrons. The van der Waals surface area contributed by atoms with Gasteiger partial charge in [0.1, 0.15) is 5.82 Å². The second kappa shape index (κ2) is 7.41. The number of amides is 1. The van der Waals surface area contributed by atoms with Crippen LogP contribution in [-0.4, -0.2) is 39.8 Å². The highest BCUT2D eigenvalue weighted by Crippen LogP contribution is 2.17. The van der Waals surface area contributed by atoms with E-state index in [-0.39, 0.29) is 18.9 Å². The van der Waals surface area contributed by atoms with E-state index in [1.807, 2.05) is 45.0 Å². The molecule has 0 fully saturated rings. The van der Waals surface area contributed by atoms with E-state index in [4.69, 9.17) is 5.26 Å². The van der Waals surface area contributed by atoms with Crippen molar-refractivity contribution in [2.75, 3.05) is 19.0 Å². The Hall–Kier alpha value is -3.47. The largest absolute Gasteiger partial charge is 0.361 e. The summed E-state index contributed by atoms with van der Waals surface area (Å²) in [4.78, 5) is 14.3. The Labute approximate surface area is 157 Å². The minimum atomic E-state index is -0.119. The minimum Gasteiger partial charge on any atom is -0.361 e. The summed E-state index contributed by atoms with van der Waals surface area (Å²) in [6.45, 7) is 4.06. The molecule has 8 heteroatoms. The van der Waals surface area contributed by atoms with E-state index in [1.54, 1.807) is 16.6 Å². The molecule has 2 heterocycles. The van der Waals surface area contributed by atoms with Crippen LogP contribution in [0.1, 0.15) is 28.1 Å². The van der Waals surface area contributed by atoms with Crippen molar-refractivity contribution in [1.29, 1.82) is 5.26 Å². The zero-order valence-electron chi connectivity index (χ0n) is 15.8. The minimum absolute atomic E-state index is 0.119. The molecule has 0 unspecified atom stereocenters. The normalized spacial score (nSPS) is 10.6. The summed E-state index contributed by atoms with van der Waals surface area (Å²) in [7, 11) is 3.81. The Morgan fingerprint density at radius 1 is 1.22 bits per heavy atom. The van der Waals surface area contributed by atoms with E-state index in [0.717, 1.165) is 22.5 Å². The third kappa shape index (κ3) is 3.87.